The zero-order valence-electron chi connectivity index (χ0n) is 11.5. The largest absolute Gasteiger partial charge is 0.375 e. The number of halogens is 1. The van der Waals surface area contributed by atoms with Gasteiger partial charge in [0.15, 0.2) is 4.90 Å². The van der Waals surface area contributed by atoms with Gasteiger partial charge < -0.3 is 4.74 Å². The van der Waals surface area contributed by atoms with Crippen molar-refractivity contribution in [2.24, 2.45) is 0 Å². The third kappa shape index (κ3) is 3.25. The maximum atomic E-state index is 12.8. The monoisotopic (exact) mass is 378 g/mol. The number of hydrogen-bond acceptors (Lipinski definition) is 5. The van der Waals surface area contributed by atoms with Crippen molar-refractivity contribution in [2.45, 2.75) is 30.9 Å². The van der Waals surface area contributed by atoms with E-state index in [9.17, 15) is 18.5 Å². The Balaban J connectivity index is 2.53. The Bertz CT molecular complexity index is 664. The quantitative estimate of drug-likeness (QED) is 0.593. The predicted octanol–water partition coefficient (Wildman–Crippen LogP) is 2.16. The minimum absolute atomic E-state index is 0.174. The smallest absolute Gasteiger partial charge is 0.289 e. The molecule has 0 radical (unpaired) electrons. The van der Waals surface area contributed by atoms with Crippen LogP contribution >= 0.6 is 15.9 Å². The zero-order chi connectivity index (χ0) is 15.8. The standard InChI is InChI=1S/C12H15BrN2O5S/c1-8-7-20-9(2)6-14(8)21(18,19)12-5-10(13)3-4-11(12)15(16)17/h3-5,8-9H,6-7H2,1-2H3. The van der Waals surface area contributed by atoms with Crippen LogP contribution in [0.2, 0.25) is 0 Å². The lowest BCUT2D eigenvalue weighted by molar-refractivity contribution is -0.387. The maximum absolute atomic E-state index is 12.8. The number of morpholine rings is 1. The topological polar surface area (TPSA) is 89.8 Å². The van der Waals surface area contributed by atoms with Crippen molar-refractivity contribution in [1.82, 2.24) is 4.31 Å². The molecule has 9 heteroatoms. The number of nitro benzene ring substituents is 1. The molecule has 116 valence electrons. The summed E-state index contributed by atoms with van der Waals surface area (Å²) in [5, 5.41) is 11.1. The average Bonchev–Trinajstić information content (AvgIpc) is 2.41. The summed E-state index contributed by atoms with van der Waals surface area (Å²) in [7, 11) is -3.96. The highest BCUT2D eigenvalue weighted by Gasteiger charge is 2.37. The Morgan fingerprint density at radius 1 is 1.43 bits per heavy atom. The summed E-state index contributed by atoms with van der Waals surface area (Å²) in [6.07, 6.45) is -0.248. The van der Waals surface area contributed by atoms with Crippen molar-refractivity contribution in [2.75, 3.05) is 13.2 Å². The molecule has 0 aromatic heterocycles. The summed E-state index contributed by atoms with van der Waals surface area (Å²) in [5.74, 6) is 0. The molecular weight excluding hydrogens is 364 g/mol. The lowest BCUT2D eigenvalue weighted by Crippen LogP contribution is -2.50. The molecule has 1 saturated heterocycles. The van der Waals surface area contributed by atoms with Gasteiger partial charge in [0.25, 0.3) is 5.69 Å². The van der Waals surface area contributed by atoms with E-state index in [1.807, 2.05) is 0 Å². The highest BCUT2D eigenvalue weighted by Crippen LogP contribution is 2.31. The Labute approximate surface area is 131 Å². The number of nitro groups is 1. The first-order valence-electron chi connectivity index (χ1n) is 6.31. The van der Waals surface area contributed by atoms with Gasteiger partial charge in [0, 0.05) is 23.1 Å². The third-order valence-corrected chi connectivity index (χ3v) is 5.76. The van der Waals surface area contributed by atoms with Crippen LogP contribution in [0.25, 0.3) is 0 Å². The van der Waals surface area contributed by atoms with Gasteiger partial charge in [-0.2, -0.15) is 4.31 Å². The first-order valence-corrected chi connectivity index (χ1v) is 8.54. The molecule has 1 heterocycles. The van der Waals surface area contributed by atoms with E-state index >= 15 is 0 Å². The molecule has 0 N–H and O–H groups in total. The van der Waals surface area contributed by atoms with E-state index in [-0.39, 0.29) is 30.2 Å². The fraction of sp³-hybridized carbons (Fsp3) is 0.500. The lowest BCUT2D eigenvalue weighted by atomic mass is 10.2. The van der Waals surface area contributed by atoms with Crippen LogP contribution in [0.15, 0.2) is 27.6 Å². The van der Waals surface area contributed by atoms with E-state index in [2.05, 4.69) is 15.9 Å². The zero-order valence-corrected chi connectivity index (χ0v) is 13.9. The third-order valence-electron chi connectivity index (χ3n) is 3.26. The lowest BCUT2D eigenvalue weighted by Gasteiger charge is -2.35. The van der Waals surface area contributed by atoms with E-state index in [4.69, 9.17) is 4.74 Å². The minimum atomic E-state index is -3.96. The molecule has 0 spiro atoms. The van der Waals surface area contributed by atoms with E-state index in [0.29, 0.717) is 4.47 Å². The molecule has 2 rings (SSSR count). The van der Waals surface area contributed by atoms with Crippen molar-refractivity contribution in [3.8, 4) is 0 Å². The van der Waals surface area contributed by atoms with Crippen LogP contribution in [0.5, 0.6) is 0 Å². The number of benzene rings is 1. The molecule has 2 unspecified atom stereocenters. The van der Waals surface area contributed by atoms with Crippen LogP contribution in [-0.2, 0) is 14.8 Å². The van der Waals surface area contributed by atoms with Crippen LogP contribution in [-0.4, -0.2) is 42.9 Å². The van der Waals surface area contributed by atoms with E-state index in [1.165, 1.54) is 22.5 Å². The molecule has 0 amide bonds. The summed E-state index contributed by atoms with van der Waals surface area (Å²) in [5.41, 5.74) is -0.426. The second-order valence-electron chi connectivity index (χ2n) is 4.94. The number of hydrogen-bond donors (Lipinski definition) is 0. The van der Waals surface area contributed by atoms with Gasteiger partial charge in [0.2, 0.25) is 10.0 Å². The van der Waals surface area contributed by atoms with Gasteiger partial charge in [-0.3, -0.25) is 10.1 Å². The first-order chi connectivity index (χ1) is 9.73. The Hall–Kier alpha value is -1.03. The molecule has 7 nitrogen and oxygen atoms in total. The Morgan fingerprint density at radius 2 is 2.10 bits per heavy atom. The summed E-state index contributed by atoms with van der Waals surface area (Å²) in [4.78, 5) is 10.1. The molecule has 1 aromatic rings. The van der Waals surface area contributed by atoms with Crippen molar-refractivity contribution in [1.29, 1.82) is 0 Å². The summed E-state index contributed by atoms with van der Waals surface area (Å²) in [6, 6.07) is 3.53. The van der Waals surface area contributed by atoms with Gasteiger partial charge in [-0.15, -0.1) is 0 Å². The molecule has 1 fully saturated rings. The fourth-order valence-corrected chi connectivity index (χ4v) is 4.57. The number of nitrogens with zero attached hydrogens (tertiary/aromatic N) is 2. The highest BCUT2D eigenvalue weighted by molar-refractivity contribution is 9.10. The van der Waals surface area contributed by atoms with Crippen molar-refractivity contribution in [3.05, 3.63) is 32.8 Å². The van der Waals surface area contributed by atoms with E-state index in [0.717, 1.165) is 0 Å². The second kappa shape index (κ2) is 5.99. The summed E-state index contributed by atoms with van der Waals surface area (Å²) in [6.45, 7) is 3.92. The Kier molecular flexibility index (Phi) is 4.66. The van der Waals surface area contributed by atoms with Crippen LogP contribution < -0.4 is 0 Å². The van der Waals surface area contributed by atoms with Gasteiger partial charge in [0.05, 0.1) is 17.6 Å². The first kappa shape index (κ1) is 16.3. The van der Waals surface area contributed by atoms with Gasteiger partial charge >= 0.3 is 0 Å². The number of rotatable bonds is 3. The van der Waals surface area contributed by atoms with Crippen LogP contribution in [0.4, 0.5) is 5.69 Å². The molecule has 2 atom stereocenters. The van der Waals surface area contributed by atoms with Crippen molar-refractivity contribution >= 4 is 31.6 Å². The normalized spacial score (nSPS) is 24.0. The SMILES string of the molecule is CC1CN(S(=O)(=O)c2cc(Br)ccc2[N+](=O)[O-])C(C)CO1. The molecule has 0 saturated carbocycles. The molecule has 0 aliphatic carbocycles. The van der Waals surface area contributed by atoms with Crippen LogP contribution in [0.1, 0.15) is 13.8 Å². The molecule has 1 aromatic carbocycles. The number of sulfonamides is 1. The fourth-order valence-electron chi connectivity index (χ4n) is 2.18. The van der Waals surface area contributed by atoms with Crippen molar-refractivity contribution < 1.29 is 18.1 Å². The second-order valence-corrected chi connectivity index (χ2v) is 7.71. The van der Waals surface area contributed by atoms with Crippen LogP contribution in [0.3, 0.4) is 0 Å². The van der Waals surface area contributed by atoms with Crippen molar-refractivity contribution in [3.63, 3.8) is 0 Å². The molecular formula is C12H15BrN2O5S. The molecule has 1 aliphatic rings. The highest BCUT2D eigenvalue weighted by atomic mass is 79.9. The van der Waals surface area contributed by atoms with E-state index < -0.39 is 20.6 Å². The minimum Gasteiger partial charge on any atom is -0.375 e. The van der Waals surface area contributed by atoms with Crippen LogP contribution in [0, 0.1) is 10.1 Å². The van der Waals surface area contributed by atoms with E-state index in [1.54, 1.807) is 13.8 Å². The predicted molar refractivity (Wildman–Crippen MR) is 79.6 cm³/mol. The number of ether oxygens (including phenoxy) is 1. The molecule has 0 bridgehead atoms. The summed E-state index contributed by atoms with van der Waals surface area (Å²) >= 11 is 3.16. The molecule has 21 heavy (non-hydrogen) atoms. The summed E-state index contributed by atoms with van der Waals surface area (Å²) < 4.78 is 32.7. The molecule has 1 aliphatic heterocycles. The Morgan fingerprint density at radius 3 is 2.71 bits per heavy atom. The maximum Gasteiger partial charge on any atom is 0.289 e. The van der Waals surface area contributed by atoms with Gasteiger partial charge in [-0.25, -0.2) is 8.42 Å². The van der Waals surface area contributed by atoms with Gasteiger partial charge in [-0.1, -0.05) is 15.9 Å². The van der Waals surface area contributed by atoms with Gasteiger partial charge in [-0.05, 0) is 26.0 Å². The van der Waals surface area contributed by atoms with Gasteiger partial charge in [0.1, 0.15) is 0 Å². The average molecular weight is 379 g/mol.